The van der Waals surface area contributed by atoms with E-state index in [-0.39, 0.29) is 11.8 Å². The number of hydrogen-bond donors (Lipinski definition) is 1. The van der Waals surface area contributed by atoms with Crippen molar-refractivity contribution in [3.63, 3.8) is 0 Å². The molecule has 0 saturated heterocycles. The molecule has 0 radical (unpaired) electrons. The zero-order valence-electron chi connectivity index (χ0n) is 12.1. The van der Waals surface area contributed by atoms with Crippen molar-refractivity contribution in [2.45, 2.75) is 18.8 Å². The normalized spacial score (nSPS) is 23.1. The first-order valence-corrected chi connectivity index (χ1v) is 7.18. The molecule has 2 atom stereocenters. The first-order valence-electron chi connectivity index (χ1n) is 7.18. The molecular formula is C17H16F2N2O. The maximum Gasteiger partial charge on any atom is 0.269 e. The second-order valence-corrected chi connectivity index (χ2v) is 5.78. The fourth-order valence-corrected chi connectivity index (χ4v) is 2.92. The number of benzene rings is 1. The molecule has 2 unspecified atom stereocenters. The van der Waals surface area contributed by atoms with Crippen LogP contribution in [-0.4, -0.2) is 17.4 Å². The van der Waals surface area contributed by atoms with Gasteiger partial charge in [0.05, 0.1) is 0 Å². The van der Waals surface area contributed by atoms with Gasteiger partial charge in [0.15, 0.2) is 0 Å². The summed E-state index contributed by atoms with van der Waals surface area (Å²) in [6.45, 7) is 2.31. The molecule has 1 fully saturated rings. The molecule has 0 aliphatic heterocycles. The van der Waals surface area contributed by atoms with E-state index in [9.17, 15) is 13.6 Å². The molecule has 1 aromatic carbocycles. The number of halogens is 2. The number of pyridine rings is 1. The van der Waals surface area contributed by atoms with Gasteiger partial charge in [-0.25, -0.2) is 8.78 Å². The lowest BCUT2D eigenvalue weighted by Gasteiger charge is -2.19. The molecule has 5 heteroatoms. The van der Waals surface area contributed by atoms with Gasteiger partial charge in [-0.2, -0.15) is 0 Å². The summed E-state index contributed by atoms with van der Waals surface area (Å²) in [4.78, 5) is 16.1. The summed E-state index contributed by atoms with van der Waals surface area (Å²) < 4.78 is 27.1. The summed E-state index contributed by atoms with van der Waals surface area (Å²) >= 11 is 0. The molecule has 2 aromatic rings. The van der Waals surface area contributed by atoms with Crippen molar-refractivity contribution in [2.24, 2.45) is 5.92 Å². The summed E-state index contributed by atoms with van der Waals surface area (Å²) in [5.74, 6) is -1.21. The fourth-order valence-electron chi connectivity index (χ4n) is 2.92. The summed E-state index contributed by atoms with van der Waals surface area (Å²) in [5, 5.41) is 2.81. The highest BCUT2D eigenvalue weighted by Gasteiger charge is 2.53. The van der Waals surface area contributed by atoms with Gasteiger partial charge in [0.1, 0.15) is 17.3 Å². The average Bonchev–Trinajstić information content (AvgIpc) is 3.17. The lowest BCUT2D eigenvalue weighted by Crippen LogP contribution is -2.34. The Hall–Kier alpha value is -2.30. The molecule has 1 N–H and O–H groups in total. The lowest BCUT2D eigenvalue weighted by molar-refractivity contribution is 0.0944. The zero-order chi connectivity index (χ0) is 15.7. The first kappa shape index (κ1) is 14.6. The summed E-state index contributed by atoms with van der Waals surface area (Å²) in [5.41, 5.74) is 0.329. The Bertz CT molecular complexity index is 705. The van der Waals surface area contributed by atoms with Gasteiger partial charge in [-0.15, -0.1) is 0 Å². The Morgan fingerprint density at radius 1 is 1.36 bits per heavy atom. The molecule has 1 aliphatic rings. The zero-order valence-corrected chi connectivity index (χ0v) is 12.1. The van der Waals surface area contributed by atoms with Gasteiger partial charge in [0, 0.05) is 24.2 Å². The first-order chi connectivity index (χ1) is 10.5. The number of amides is 1. The van der Waals surface area contributed by atoms with Crippen molar-refractivity contribution in [1.82, 2.24) is 10.3 Å². The summed E-state index contributed by atoms with van der Waals surface area (Å²) in [6, 6.07) is 8.71. The van der Waals surface area contributed by atoms with E-state index in [1.54, 1.807) is 24.4 Å². The number of nitrogens with one attached hydrogen (secondary N) is 1. The van der Waals surface area contributed by atoms with Gasteiger partial charge in [-0.3, -0.25) is 9.78 Å². The second kappa shape index (κ2) is 5.48. The third-order valence-electron chi connectivity index (χ3n) is 4.38. The molecule has 114 valence electrons. The highest BCUT2D eigenvalue weighted by Crippen LogP contribution is 2.54. The van der Waals surface area contributed by atoms with E-state index in [2.05, 4.69) is 10.3 Å². The predicted octanol–water partition coefficient (Wildman–Crippen LogP) is 3.07. The van der Waals surface area contributed by atoms with E-state index in [0.29, 0.717) is 17.8 Å². The minimum Gasteiger partial charge on any atom is -0.350 e. The van der Waals surface area contributed by atoms with Crippen LogP contribution in [-0.2, 0) is 5.41 Å². The molecule has 3 rings (SSSR count). The van der Waals surface area contributed by atoms with Crippen molar-refractivity contribution in [3.05, 3.63) is 65.5 Å². The molecule has 1 heterocycles. The minimum absolute atomic E-state index is 0.233. The third-order valence-corrected chi connectivity index (χ3v) is 4.38. The second-order valence-electron chi connectivity index (χ2n) is 5.78. The number of nitrogens with zero attached hydrogens (tertiary/aromatic N) is 1. The topological polar surface area (TPSA) is 42.0 Å². The van der Waals surface area contributed by atoms with Gasteiger partial charge in [0.2, 0.25) is 0 Å². The lowest BCUT2D eigenvalue weighted by atomic mass is 9.92. The largest absolute Gasteiger partial charge is 0.350 e. The number of carbonyl (C=O) groups excluding carboxylic acids is 1. The smallest absolute Gasteiger partial charge is 0.269 e. The van der Waals surface area contributed by atoms with Crippen LogP contribution >= 0.6 is 0 Å². The van der Waals surface area contributed by atoms with Crippen LogP contribution in [0.1, 0.15) is 29.4 Å². The van der Waals surface area contributed by atoms with Crippen LogP contribution in [0.4, 0.5) is 8.78 Å². The van der Waals surface area contributed by atoms with Crippen LogP contribution in [0.3, 0.4) is 0 Å². The van der Waals surface area contributed by atoms with Crippen molar-refractivity contribution >= 4 is 5.91 Å². The predicted molar refractivity (Wildman–Crippen MR) is 78.4 cm³/mol. The molecule has 3 nitrogen and oxygen atoms in total. The quantitative estimate of drug-likeness (QED) is 0.943. The monoisotopic (exact) mass is 302 g/mol. The number of rotatable bonds is 4. The summed E-state index contributed by atoms with van der Waals surface area (Å²) in [6.07, 6.45) is 2.31. The SMILES string of the molecule is CC1CC1(CNC(=O)c1ccccn1)c1ccc(F)cc1F. The molecule has 22 heavy (non-hydrogen) atoms. The van der Waals surface area contributed by atoms with E-state index in [0.717, 1.165) is 12.5 Å². The maximum absolute atomic E-state index is 14.0. The molecule has 1 saturated carbocycles. The average molecular weight is 302 g/mol. The summed E-state index contributed by atoms with van der Waals surface area (Å²) in [7, 11) is 0. The van der Waals surface area contributed by atoms with Crippen LogP contribution < -0.4 is 5.32 Å². The van der Waals surface area contributed by atoms with Crippen molar-refractivity contribution in [3.8, 4) is 0 Å². The third kappa shape index (κ3) is 2.58. The maximum atomic E-state index is 14.0. The van der Waals surface area contributed by atoms with Crippen LogP contribution in [0.25, 0.3) is 0 Å². The minimum atomic E-state index is -0.595. The molecule has 1 aromatic heterocycles. The van der Waals surface area contributed by atoms with E-state index in [1.807, 2.05) is 6.92 Å². The van der Waals surface area contributed by atoms with Gasteiger partial charge in [-0.05, 0) is 36.1 Å². The Balaban J connectivity index is 1.76. The number of hydrogen-bond acceptors (Lipinski definition) is 2. The Morgan fingerprint density at radius 2 is 2.14 bits per heavy atom. The van der Waals surface area contributed by atoms with Gasteiger partial charge in [-0.1, -0.05) is 19.1 Å². The van der Waals surface area contributed by atoms with Crippen LogP contribution in [0.15, 0.2) is 42.6 Å². The van der Waals surface area contributed by atoms with E-state index >= 15 is 0 Å². The molecule has 1 aliphatic carbocycles. The van der Waals surface area contributed by atoms with E-state index in [1.165, 1.54) is 12.1 Å². The molecule has 1 amide bonds. The molecule has 0 spiro atoms. The van der Waals surface area contributed by atoms with Crippen LogP contribution in [0.5, 0.6) is 0 Å². The molecule has 0 bridgehead atoms. The Labute approximate surface area is 127 Å². The van der Waals surface area contributed by atoms with Gasteiger partial charge in [0.25, 0.3) is 5.91 Å². The molecular weight excluding hydrogens is 286 g/mol. The van der Waals surface area contributed by atoms with Gasteiger partial charge < -0.3 is 5.32 Å². The van der Waals surface area contributed by atoms with Crippen LogP contribution in [0, 0.1) is 17.6 Å². The highest BCUT2D eigenvalue weighted by molar-refractivity contribution is 5.92. The fraction of sp³-hybridized carbons (Fsp3) is 0.294. The van der Waals surface area contributed by atoms with E-state index in [4.69, 9.17) is 0 Å². The van der Waals surface area contributed by atoms with Crippen molar-refractivity contribution < 1.29 is 13.6 Å². The number of carbonyl (C=O) groups is 1. The Kier molecular flexibility index (Phi) is 3.64. The Morgan fingerprint density at radius 3 is 2.73 bits per heavy atom. The van der Waals surface area contributed by atoms with E-state index < -0.39 is 17.0 Å². The van der Waals surface area contributed by atoms with Crippen molar-refractivity contribution in [2.75, 3.05) is 6.54 Å². The van der Waals surface area contributed by atoms with Gasteiger partial charge >= 0.3 is 0 Å². The highest BCUT2D eigenvalue weighted by atomic mass is 19.1. The standard InChI is InChI=1S/C17H16F2N2O/c1-11-9-17(11,13-6-5-12(18)8-14(13)19)10-21-16(22)15-4-2-3-7-20-15/h2-8,11H,9-10H2,1H3,(H,21,22). The van der Waals surface area contributed by atoms with Crippen LogP contribution in [0.2, 0.25) is 0 Å². The number of aromatic nitrogens is 1. The van der Waals surface area contributed by atoms with Crippen molar-refractivity contribution in [1.29, 1.82) is 0 Å².